The number of aromatic nitrogens is 2. The average Bonchev–Trinajstić information content (AvgIpc) is 3.20. The van der Waals surface area contributed by atoms with E-state index in [0.29, 0.717) is 10.6 Å². The van der Waals surface area contributed by atoms with Gasteiger partial charge in [0.05, 0.1) is 24.4 Å². The second-order valence-corrected chi connectivity index (χ2v) is 6.12. The number of nitrogens with one attached hydrogen (secondary N) is 1. The van der Waals surface area contributed by atoms with Gasteiger partial charge in [-0.1, -0.05) is 6.92 Å². The van der Waals surface area contributed by atoms with E-state index in [1.807, 2.05) is 6.92 Å². The summed E-state index contributed by atoms with van der Waals surface area (Å²) in [6, 6.07) is 0.948. The van der Waals surface area contributed by atoms with E-state index in [0.717, 1.165) is 11.3 Å². The van der Waals surface area contributed by atoms with Crippen molar-refractivity contribution in [3.8, 4) is 0 Å². The lowest BCUT2D eigenvalue weighted by molar-refractivity contribution is -0.119. The number of carbonyl (C=O) groups is 3. The number of carboxylic acids is 1. The highest BCUT2D eigenvalue weighted by molar-refractivity contribution is 7.16. The third-order valence-corrected chi connectivity index (χ3v) is 4.59. The number of anilines is 1. The highest BCUT2D eigenvalue weighted by atomic mass is 32.1. The normalized spacial score (nSPS) is 11.8. The van der Waals surface area contributed by atoms with Gasteiger partial charge in [0.25, 0.3) is 0 Å². The maximum atomic E-state index is 12.4. The van der Waals surface area contributed by atoms with Crippen molar-refractivity contribution in [2.75, 3.05) is 12.4 Å². The Balaban J connectivity index is 2.20. The molecule has 0 fully saturated rings. The van der Waals surface area contributed by atoms with E-state index in [2.05, 4.69) is 10.4 Å². The van der Waals surface area contributed by atoms with Crippen LogP contribution in [0.25, 0.3) is 0 Å². The quantitative estimate of drug-likeness (QED) is 0.772. The number of carboxylic acid groups (broad SMARTS) is 1. The molecule has 0 spiro atoms. The van der Waals surface area contributed by atoms with Crippen LogP contribution in [0.3, 0.4) is 0 Å². The van der Waals surface area contributed by atoms with Gasteiger partial charge in [0.15, 0.2) is 0 Å². The lowest BCUT2D eigenvalue weighted by Crippen LogP contribution is -2.24. The van der Waals surface area contributed by atoms with Crippen molar-refractivity contribution in [2.45, 2.75) is 26.3 Å². The smallest absolute Gasteiger partial charge is 0.340 e. The van der Waals surface area contributed by atoms with Crippen LogP contribution in [0.5, 0.6) is 0 Å². The number of hydrogen-bond donors (Lipinski definition) is 2. The summed E-state index contributed by atoms with van der Waals surface area (Å²) in [5.41, 5.74) is 0.292. The molecule has 0 bridgehead atoms. The van der Waals surface area contributed by atoms with Crippen molar-refractivity contribution in [1.82, 2.24) is 9.78 Å². The number of aryl methyl sites for hydroxylation is 1. The fraction of sp³-hybridized carbons (Fsp3) is 0.333. The molecule has 2 heterocycles. The molecule has 1 atom stereocenters. The molecule has 24 heavy (non-hydrogen) atoms. The van der Waals surface area contributed by atoms with Crippen LogP contribution >= 0.6 is 11.3 Å². The number of esters is 1. The van der Waals surface area contributed by atoms with E-state index in [-0.39, 0.29) is 5.56 Å². The van der Waals surface area contributed by atoms with E-state index in [1.165, 1.54) is 35.5 Å². The Bertz CT molecular complexity index is 780. The molecule has 1 amide bonds. The van der Waals surface area contributed by atoms with Gasteiger partial charge in [0, 0.05) is 11.1 Å². The molecular weight excluding hydrogens is 334 g/mol. The van der Waals surface area contributed by atoms with E-state index in [9.17, 15) is 14.4 Å². The molecule has 9 heteroatoms. The Kier molecular flexibility index (Phi) is 5.35. The molecule has 0 aliphatic carbocycles. The van der Waals surface area contributed by atoms with Gasteiger partial charge in [-0.05, 0) is 19.4 Å². The Hall–Kier alpha value is -2.68. The van der Waals surface area contributed by atoms with Crippen molar-refractivity contribution < 1.29 is 24.2 Å². The predicted molar refractivity (Wildman–Crippen MR) is 87.6 cm³/mol. The van der Waals surface area contributed by atoms with E-state index in [4.69, 9.17) is 9.84 Å². The Morgan fingerprint density at radius 3 is 2.71 bits per heavy atom. The van der Waals surface area contributed by atoms with E-state index in [1.54, 1.807) is 13.0 Å². The van der Waals surface area contributed by atoms with Crippen LogP contribution in [0.15, 0.2) is 18.5 Å². The largest absolute Gasteiger partial charge is 0.478 e. The first-order valence-corrected chi connectivity index (χ1v) is 7.98. The van der Waals surface area contributed by atoms with Gasteiger partial charge in [-0.2, -0.15) is 5.10 Å². The van der Waals surface area contributed by atoms with Crippen molar-refractivity contribution >= 4 is 34.2 Å². The summed E-state index contributed by atoms with van der Waals surface area (Å²) in [5.74, 6) is -2.06. The third kappa shape index (κ3) is 3.62. The molecular formula is C15H17N3O5S. The van der Waals surface area contributed by atoms with Crippen LogP contribution in [0, 0.1) is 0 Å². The standard InChI is InChI=1S/C15H17N3O5S/c1-4-10-5-11(15(22)23-3)13(24-10)17-12(19)8(2)18-7-9(6-16-18)14(20)21/h5-8H,4H2,1-3H3,(H,17,19)(H,20,21). The van der Waals surface area contributed by atoms with Crippen LogP contribution in [0.2, 0.25) is 0 Å². The summed E-state index contributed by atoms with van der Waals surface area (Å²) < 4.78 is 5.98. The molecule has 1 unspecified atom stereocenters. The minimum absolute atomic E-state index is 0.00528. The van der Waals surface area contributed by atoms with Gasteiger partial charge < -0.3 is 15.2 Å². The van der Waals surface area contributed by atoms with Gasteiger partial charge >= 0.3 is 11.9 Å². The van der Waals surface area contributed by atoms with Crippen molar-refractivity contribution in [1.29, 1.82) is 0 Å². The first-order valence-electron chi connectivity index (χ1n) is 7.16. The lowest BCUT2D eigenvalue weighted by atomic mass is 10.2. The lowest BCUT2D eigenvalue weighted by Gasteiger charge is -2.12. The average molecular weight is 351 g/mol. The number of thiophene rings is 1. The summed E-state index contributed by atoms with van der Waals surface area (Å²) in [4.78, 5) is 36.0. The van der Waals surface area contributed by atoms with Gasteiger partial charge in [0.1, 0.15) is 11.0 Å². The number of methoxy groups -OCH3 is 1. The van der Waals surface area contributed by atoms with Crippen LogP contribution in [-0.4, -0.2) is 39.8 Å². The first kappa shape index (κ1) is 17.7. The molecule has 0 saturated heterocycles. The Morgan fingerprint density at radius 2 is 2.17 bits per heavy atom. The van der Waals surface area contributed by atoms with Crippen LogP contribution in [0.4, 0.5) is 5.00 Å². The molecule has 8 nitrogen and oxygen atoms in total. The number of ether oxygens (including phenoxy) is 1. The fourth-order valence-corrected chi connectivity index (χ4v) is 2.95. The SMILES string of the molecule is CCc1cc(C(=O)OC)c(NC(=O)C(C)n2cc(C(=O)O)cn2)s1. The molecule has 128 valence electrons. The number of hydrogen-bond acceptors (Lipinski definition) is 6. The zero-order valence-electron chi connectivity index (χ0n) is 13.4. The number of carbonyl (C=O) groups excluding carboxylic acids is 2. The molecule has 0 saturated carbocycles. The van der Waals surface area contributed by atoms with E-state index < -0.39 is 23.9 Å². The van der Waals surface area contributed by atoms with Crippen LogP contribution in [0.1, 0.15) is 45.5 Å². The molecule has 2 aromatic rings. The topological polar surface area (TPSA) is 111 Å². The minimum atomic E-state index is -1.12. The predicted octanol–water partition coefficient (Wildman–Crippen LogP) is 2.19. The first-order chi connectivity index (χ1) is 11.4. The van der Waals surface area contributed by atoms with Crippen molar-refractivity contribution in [3.63, 3.8) is 0 Å². The maximum absolute atomic E-state index is 12.4. The molecule has 2 N–H and O–H groups in total. The fourth-order valence-electron chi connectivity index (χ4n) is 1.97. The summed E-state index contributed by atoms with van der Waals surface area (Å²) >= 11 is 1.30. The summed E-state index contributed by atoms with van der Waals surface area (Å²) in [5, 5.41) is 15.9. The van der Waals surface area contributed by atoms with Gasteiger partial charge in [-0.3, -0.25) is 9.48 Å². The molecule has 0 aliphatic heterocycles. The summed E-state index contributed by atoms with van der Waals surface area (Å²) in [6.07, 6.45) is 3.17. The summed E-state index contributed by atoms with van der Waals surface area (Å²) in [7, 11) is 1.27. The van der Waals surface area contributed by atoms with Crippen molar-refractivity contribution in [2.24, 2.45) is 0 Å². The number of amides is 1. The van der Waals surface area contributed by atoms with E-state index >= 15 is 0 Å². The third-order valence-electron chi connectivity index (χ3n) is 3.40. The van der Waals surface area contributed by atoms with Gasteiger partial charge in [-0.25, -0.2) is 9.59 Å². The molecule has 0 radical (unpaired) electrons. The summed E-state index contributed by atoms with van der Waals surface area (Å²) in [6.45, 7) is 3.53. The van der Waals surface area contributed by atoms with Crippen molar-refractivity contribution in [3.05, 3.63) is 34.5 Å². The monoisotopic (exact) mass is 351 g/mol. The Morgan fingerprint density at radius 1 is 1.46 bits per heavy atom. The van der Waals surface area contributed by atoms with Gasteiger partial charge in [0.2, 0.25) is 5.91 Å². The number of aromatic carboxylic acids is 1. The minimum Gasteiger partial charge on any atom is -0.478 e. The van der Waals surface area contributed by atoms with Crippen LogP contribution < -0.4 is 5.32 Å². The zero-order chi connectivity index (χ0) is 17.9. The number of nitrogens with zero attached hydrogens (tertiary/aromatic N) is 2. The Labute approximate surface area is 142 Å². The van der Waals surface area contributed by atoms with Crippen LogP contribution in [-0.2, 0) is 16.0 Å². The maximum Gasteiger partial charge on any atom is 0.340 e. The highest BCUT2D eigenvalue weighted by Crippen LogP contribution is 2.30. The second-order valence-electron chi connectivity index (χ2n) is 4.98. The molecule has 2 aromatic heterocycles. The zero-order valence-corrected chi connectivity index (χ0v) is 14.2. The second kappa shape index (κ2) is 7.26. The molecule has 0 aliphatic rings. The molecule has 2 rings (SSSR count). The highest BCUT2D eigenvalue weighted by Gasteiger charge is 2.22. The van der Waals surface area contributed by atoms with Gasteiger partial charge in [-0.15, -0.1) is 11.3 Å². The molecule has 0 aromatic carbocycles. The number of rotatable bonds is 6.